The van der Waals surface area contributed by atoms with Gasteiger partial charge in [-0.05, 0) is 23.4 Å². The first-order valence-electron chi connectivity index (χ1n) is 9.53. The molecule has 1 N–H and O–H groups in total. The summed E-state index contributed by atoms with van der Waals surface area (Å²) in [5.74, 6) is 0.599. The van der Waals surface area contributed by atoms with Crippen LogP contribution in [0.3, 0.4) is 0 Å². The number of carbonyl (C=O) groups excluding carboxylic acids is 2. The Morgan fingerprint density at radius 2 is 1.97 bits per heavy atom. The van der Waals surface area contributed by atoms with Crippen molar-refractivity contribution in [2.24, 2.45) is 0 Å². The molecule has 0 aliphatic rings. The van der Waals surface area contributed by atoms with Crippen molar-refractivity contribution in [2.75, 3.05) is 6.54 Å². The van der Waals surface area contributed by atoms with Gasteiger partial charge in [-0.15, -0.1) is 21.5 Å². The summed E-state index contributed by atoms with van der Waals surface area (Å²) in [6, 6.07) is 12.9. The smallest absolute Gasteiger partial charge is 0.257 e. The standard InChI is InChI=1S/C21H24N4O3S/c1-3-11-25(14-19-23-24-21(28-19)18-10-7-12-29-18)20(27)13-17(22-15(2)26)16-8-5-4-6-9-16/h4-10,12,17H,3,11,13-14H2,1-2H3,(H,22,26)/t17-/m1/s1. The number of hydrogen-bond acceptors (Lipinski definition) is 6. The predicted molar refractivity (Wildman–Crippen MR) is 111 cm³/mol. The number of aromatic nitrogens is 2. The highest BCUT2D eigenvalue weighted by Crippen LogP contribution is 2.24. The summed E-state index contributed by atoms with van der Waals surface area (Å²) in [6.45, 7) is 4.27. The van der Waals surface area contributed by atoms with Gasteiger partial charge in [0.2, 0.25) is 17.7 Å². The van der Waals surface area contributed by atoms with Crippen LogP contribution in [0.5, 0.6) is 0 Å². The van der Waals surface area contributed by atoms with Crippen molar-refractivity contribution in [3.05, 3.63) is 59.3 Å². The summed E-state index contributed by atoms with van der Waals surface area (Å²) in [5.41, 5.74) is 0.894. The Labute approximate surface area is 173 Å². The molecule has 0 aliphatic carbocycles. The van der Waals surface area contributed by atoms with E-state index in [1.165, 1.54) is 18.3 Å². The highest BCUT2D eigenvalue weighted by atomic mass is 32.1. The van der Waals surface area contributed by atoms with E-state index in [2.05, 4.69) is 15.5 Å². The lowest BCUT2D eigenvalue weighted by atomic mass is 10.0. The molecule has 0 saturated heterocycles. The highest BCUT2D eigenvalue weighted by molar-refractivity contribution is 7.13. The molecule has 2 amide bonds. The number of rotatable bonds is 9. The van der Waals surface area contributed by atoms with Crippen molar-refractivity contribution in [2.45, 2.75) is 39.3 Å². The van der Waals surface area contributed by atoms with Crippen molar-refractivity contribution in [3.63, 3.8) is 0 Å². The molecule has 0 aliphatic heterocycles. The molecule has 0 saturated carbocycles. The fourth-order valence-corrected chi connectivity index (χ4v) is 3.67. The topological polar surface area (TPSA) is 88.3 Å². The van der Waals surface area contributed by atoms with Crippen LogP contribution in [0.2, 0.25) is 0 Å². The molecule has 0 fully saturated rings. The SMILES string of the molecule is CCCN(Cc1nnc(-c2cccs2)o1)C(=O)C[C@@H](NC(C)=O)c1ccccc1. The number of carbonyl (C=O) groups is 2. The molecule has 0 unspecified atom stereocenters. The van der Waals surface area contributed by atoms with Gasteiger partial charge >= 0.3 is 0 Å². The van der Waals surface area contributed by atoms with Crippen LogP contribution in [0.1, 0.15) is 44.2 Å². The van der Waals surface area contributed by atoms with E-state index in [9.17, 15) is 9.59 Å². The van der Waals surface area contributed by atoms with E-state index in [0.29, 0.717) is 18.3 Å². The van der Waals surface area contributed by atoms with Crippen LogP contribution in [-0.4, -0.2) is 33.5 Å². The second kappa shape index (κ2) is 9.97. The van der Waals surface area contributed by atoms with Crippen molar-refractivity contribution in [1.82, 2.24) is 20.4 Å². The normalized spacial score (nSPS) is 11.8. The summed E-state index contributed by atoms with van der Waals surface area (Å²) in [5, 5.41) is 13.0. The summed E-state index contributed by atoms with van der Waals surface area (Å²) in [4.78, 5) is 27.3. The zero-order valence-electron chi connectivity index (χ0n) is 16.5. The van der Waals surface area contributed by atoms with Crippen LogP contribution in [-0.2, 0) is 16.1 Å². The quantitative estimate of drug-likeness (QED) is 0.577. The summed E-state index contributed by atoms with van der Waals surface area (Å²) >= 11 is 1.52. The van der Waals surface area contributed by atoms with Crippen LogP contribution in [0.4, 0.5) is 0 Å². The first-order chi connectivity index (χ1) is 14.1. The second-order valence-electron chi connectivity index (χ2n) is 6.66. The van der Waals surface area contributed by atoms with E-state index in [-0.39, 0.29) is 30.8 Å². The number of benzene rings is 1. The predicted octanol–water partition coefficient (Wildman–Crippen LogP) is 3.80. The average molecular weight is 413 g/mol. The van der Waals surface area contributed by atoms with Crippen LogP contribution in [0, 0.1) is 0 Å². The molecular formula is C21H24N4O3S. The number of nitrogens with zero attached hydrogens (tertiary/aromatic N) is 3. The molecule has 29 heavy (non-hydrogen) atoms. The molecule has 1 aromatic carbocycles. The number of nitrogens with one attached hydrogen (secondary N) is 1. The zero-order chi connectivity index (χ0) is 20.6. The molecular weight excluding hydrogens is 388 g/mol. The van der Waals surface area contributed by atoms with Gasteiger partial charge in [0.05, 0.1) is 23.9 Å². The Hall–Kier alpha value is -3.00. The first kappa shape index (κ1) is 20.7. The van der Waals surface area contributed by atoms with Crippen molar-refractivity contribution < 1.29 is 14.0 Å². The minimum Gasteiger partial charge on any atom is -0.418 e. The van der Waals surface area contributed by atoms with Gasteiger partial charge in [0, 0.05) is 13.5 Å². The van der Waals surface area contributed by atoms with Gasteiger partial charge in [0.15, 0.2) is 0 Å². The summed E-state index contributed by atoms with van der Waals surface area (Å²) < 4.78 is 5.73. The average Bonchev–Trinajstić information content (AvgIpc) is 3.39. The Kier molecular flexibility index (Phi) is 7.13. The summed E-state index contributed by atoms with van der Waals surface area (Å²) in [6.07, 6.45) is 0.962. The number of hydrogen-bond donors (Lipinski definition) is 1. The molecule has 8 heteroatoms. The van der Waals surface area contributed by atoms with Crippen LogP contribution >= 0.6 is 11.3 Å². The van der Waals surface area contributed by atoms with Gasteiger partial charge in [-0.2, -0.15) is 0 Å². The summed E-state index contributed by atoms with van der Waals surface area (Å²) in [7, 11) is 0. The van der Waals surface area contributed by atoms with Gasteiger partial charge in [-0.25, -0.2) is 0 Å². The fraction of sp³-hybridized carbons (Fsp3) is 0.333. The van der Waals surface area contributed by atoms with E-state index < -0.39 is 0 Å². The number of amides is 2. The Morgan fingerprint density at radius 3 is 2.62 bits per heavy atom. The lowest BCUT2D eigenvalue weighted by molar-refractivity contribution is -0.133. The van der Waals surface area contributed by atoms with Crippen molar-refractivity contribution >= 4 is 23.2 Å². The van der Waals surface area contributed by atoms with Gasteiger partial charge in [0.1, 0.15) is 0 Å². The molecule has 2 heterocycles. The van der Waals surface area contributed by atoms with Crippen LogP contribution in [0.15, 0.2) is 52.3 Å². The first-order valence-corrected chi connectivity index (χ1v) is 10.4. The second-order valence-corrected chi connectivity index (χ2v) is 7.61. The molecule has 0 bridgehead atoms. The molecule has 1 atom stereocenters. The molecule has 152 valence electrons. The van der Waals surface area contributed by atoms with Gasteiger partial charge in [0.25, 0.3) is 5.89 Å². The molecule has 3 rings (SSSR count). The van der Waals surface area contributed by atoms with E-state index in [4.69, 9.17) is 4.42 Å². The van der Waals surface area contributed by atoms with Crippen molar-refractivity contribution in [1.29, 1.82) is 0 Å². The van der Waals surface area contributed by atoms with Gasteiger partial charge < -0.3 is 14.6 Å². The third-order valence-corrected chi connectivity index (χ3v) is 5.19. The van der Waals surface area contributed by atoms with E-state index >= 15 is 0 Å². The van der Waals surface area contributed by atoms with Crippen LogP contribution < -0.4 is 5.32 Å². The molecule has 7 nitrogen and oxygen atoms in total. The third kappa shape index (κ3) is 5.74. The Bertz CT molecular complexity index is 925. The fourth-order valence-electron chi connectivity index (χ4n) is 3.03. The molecule has 0 spiro atoms. The maximum atomic E-state index is 13.0. The lowest BCUT2D eigenvalue weighted by Crippen LogP contribution is -2.36. The van der Waals surface area contributed by atoms with E-state index in [1.807, 2.05) is 54.8 Å². The largest absolute Gasteiger partial charge is 0.418 e. The molecule has 0 radical (unpaired) electrons. The molecule has 3 aromatic rings. The van der Waals surface area contributed by atoms with Crippen molar-refractivity contribution in [3.8, 4) is 10.8 Å². The van der Waals surface area contributed by atoms with Crippen LogP contribution in [0.25, 0.3) is 10.8 Å². The zero-order valence-corrected chi connectivity index (χ0v) is 17.3. The monoisotopic (exact) mass is 412 g/mol. The lowest BCUT2D eigenvalue weighted by Gasteiger charge is -2.24. The maximum Gasteiger partial charge on any atom is 0.257 e. The number of thiophene rings is 1. The Balaban J connectivity index is 1.71. The van der Waals surface area contributed by atoms with E-state index in [1.54, 1.807) is 4.90 Å². The Morgan fingerprint density at radius 1 is 1.17 bits per heavy atom. The van der Waals surface area contributed by atoms with Gasteiger partial charge in [-0.3, -0.25) is 9.59 Å². The minimum atomic E-state index is -0.384. The third-order valence-electron chi connectivity index (χ3n) is 4.33. The highest BCUT2D eigenvalue weighted by Gasteiger charge is 2.23. The maximum absolute atomic E-state index is 13.0. The molecule has 2 aromatic heterocycles. The minimum absolute atomic E-state index is 0.0784. The van der Waals surface area contributed by atoms with Gasteiger partial charge in [-0.1, -0.05) is 43.3 Å². The van der Waals surface area contributed by atoms with E-state index in [0.717, 1.165) is 16.9 Å².